The van der Waals surface area contributed by atoms with Crippen molar-refractivity contribution in [2.75, 3.05) is 31.3 Å². The molecule has 0 atom stereocenters. The maximum Gasteiger partial charge on any atom is 0.240 e. The Balaban J connectivity index is 1.89. The molecule has 0 fully saturated rings. The van der Waals surface area contributed by atoms with E-state index in [0.29, 0.717) is 19.5 Å². The summed E-state index contributed by atoms with van der Waals surface area (Å²) in [6.45, 7) is 1.01. The van der Waals surface area contributed by atoms with Crippen molar-refractivity contribution in [2.24, 2.45) is 0 Å². The second-order valence-corrected chi connectivity index (χ2v) is 9.53. The van der Waals surface area contributed by atoms with Gasteiger partial charge in [-0.25, -0.2) is 21.6 Å². The lowest BCUT2D eigenvalue weighted by molar-refractivity contribution is 0.578. The normalized spacial score (nSPS) is 12.1. The number of rotatable bonds is 8. The third-order valence-corrected chi connectivity index (χ3v) is 6.33. The van der Waals surface area contributed by atoms with Crippen molar-refractivity contribution >= 4 is 25.5 Å². The second-order valence-electron chi connectivity index (χ2n) is 5.75. The fourth-order valence-corrected chi connectivity index (χ4v) is 3.99. The molecule has 2 rings (SSSR count). The smallest absolute Gasteiger partial charge is 0.240 e. The molecule has 0 spiro atoms. The number of nitrogens with one attached hydrogen (secondary N) is 1. The molecule has 0 aliphatic rings. The maximum atomic E-state index is 12.2. The molecular weight excluding hydrogens is 360 g/mol. The highest BCUT2D eigenvalue weighted by Gasteiger charge is 2.15. The van der Waals surface area contributed by atoms with E-state index in [-0.39, 0.29) is 9.79 Å². The van der Waals surface area contributed by atoms with E-state index in [1.807, 2.05) is 37.4 Å². The zero-order valence-corrected chi connectivity index (χ0v) is 15.8. The summed E-state index contributed by atoms with van der Waals surface area (Å²) in [6.07, 6.45) is 1.73. The number of sulfonamides is 1. The monoisotopic (exact) mass is 382 g/mol. The summed E-state index contributed by atoms with van der Waals surface area (Å²) in [5.74, 6) is 0. The molecule has 0 unspecified atom stereocenters. The SMILES string of the molecule is CN(CCCNS(=O)(=O)c1ccc(S(C)(=O)=O)cc1)c1ccccc1. The first-order valence-corrected chi connectivity index (χ1v) is 11.1. The number of anilines is 1. The van der Waals surface area contributed by atoms with Gasteiger partial charge in [-0.1, -0.05) is 18.2 Å². The van der Waals surface area contributed by atoms with Gasteiger partial charge in [0, 0.05) is 32.1 Å². The zero-order chi connectivity index (χ0) is 18.5. The van der Waals surface area contributed by atoms with E-state index in [1.165, 1.54) is 24.3 Å². The van der Waals surface area contributed by atoms with Gasteiger partial charge in [0.15, 0.2) is 9.84 Å². The molecule has 2 aromatic rings. The molecule has 25 heavy (non-hydrogen) atoms. The Morgan fingerprint density at radius 1 is 0.880 bits per heavy atom. The predicted octanol–water partition coefficient (Wildman–Crippen LogP) is 1.89. The topological polar surface area (TPSA) is 83.6 Å². The summed E-state index contributed by atoms with van der Waals surface area (Å²) in [5.41, 5.74) is 1.07. The van der Waals surface area contributed by atoms with Gasteiger partial charge in [-0.15, -0.1) is 0 Å². The van der Waals surface area contributed by atoms with Crippen LogP contribution < -0.4 is 9.62 Å². The number of sulfone groups is 1. The number of hydrogen-bond donors (Lipinski definition) is 1. The number of benzene rings is 2. The quantitative estimate of drug-likeness (QED) is 0.705. The van der Waals surface area contributed by atoms with Gasteiger partial charge in [0.25, 0.3) is 0 Å². The molecule has 0 heterocycles. The lowest BCUT2D eigenvalue weighted by Gasteiger charge is -2.19. The van der Waals surface area contributed by atoms with Gasteiger partial charge in [0.1, 0.15) is 0 Å². The van der Waals surface area contributed by atoms with Crippen LogP contribution in [0.3, 0.4) is 0 Å². The maximum absolute atomic E-state index is 12.2. The van der Waals surface area contributed by atoms with Crippen LogP contribution >= 0.6 is 0 Å². The van der Waals surface area contributed by atoms with Crippen LogP contribution in [0.4, 0.5) is 5.69 Å². The molecule has 0 saturated heterocycles. The Morgan fingerprint density at radius 2 is 1.44 bits per heavy atom. The Kier molecular flexibility index (Phi) is 6.21. The second kappa shape index (κ2) is 7.99. The van der Waals surface area contributed by atoms with Crippen LogP contribution in [0.1, 0.15) is 6.42 Å². The van der Waals surface area contributed by atoms with Crippen LogP contribution in [0.25, 0.3) is 0 Å². The minimum Gasteiger partial charge on any atom is -0.375 e. The van der Waals surface area contributed by atoms with E-state index in [1.54, 1.807) is 0 Å². The fourth-order valence-electron chi connectivity index (χ4n) is 2.28. The fraction of sp³-hybridized carbons (Fsp3) is 0.294. The van der Waals surface area contributed by atoms with Crippen LogP contribution in [-0.2, 0) is 19.9 Å². The standard InChI is InChI=1S/C17H22N2O4S2/c1-19(15-7-4-3-5-8-15)14-6-13-18-25(22,23)17-11-9-16(10-12-17)24(2,20)21/h3-5,7-12,18H,6,13-14H2,1-2H3. The molecule has 1 N–H and O–H groups in total. The third kappa shape index (κ3) is 5.55. The molecule has 0 saturated carbocycles. The molecule has 6 nitrogen and oxygen atoms in total. The first-order valence-electron chi connectivity index (χ1n) is 7.76. The lowest BCUT2D eigenvalue weighted by Crippen LogP contribution is -2.28. The number of para-hydroxylation sites is 1. The van der Waals surface area contributed by atoms with Crippen molar-refractivity contribution in [1.82, 2.24) is 4.72 Å². The summed E-state index contributed by atoms with van der Waals surface area (Å²) in [6, 6.07) is 15.0. The van der Waals surface area contributed by atoms with E-state index in [2.05, 4.69) is 9.62 Å². The minimum absolute atomic E-state index is 0.0521. The number of hydrogen-bond acceptors (Lipinski definition) is 5. The highest BCUT2D eigenvalue weighted by Crippen LogP contribution is 2.14. The van der Waals surface area contributed by atoms with Crippen LogP contribution in [0, 0.1) is 0 Å². The molecule has 0 aliphatic heterocycles. The first kappa shape index (κ1) is 19.4. The highest BCUT2D eigenvalue weighted by molar-refractivity contribution is 7.90. The molecule has 136 valence electrons. The van der Waals surface area contributed by atoms with Crippen molar-refractivity contribution in [2.45, 2.75) is 16.2 Å². The summed E-state index contributed by atoms with van der Waals surface area (Å²) in [7, 11) is -5.04. The van der Waals surface area contributed by atoms with Crippen molar-refractivity contribution in [3.63, 3.8) is 0 Å². The molecule has 2 aromatic carbocycles. The van der Waals surface area contributed by atoms with Gasteiger partial charge >= 0.3 is 0 Å². The zero-order valence-electron chi connectivity index (χ0n) is 14.2. The van der Waals surface area contributed by atoms with Gasteiger partial charge in [0.05, 0.1) is 9.79 Å². The lowest BCUT2D eigenvalue weighted by atomic mass is 10.3. The van der Waals surface area contributed by atoms with Crippen molar-refractivity contribution in [3.05, 3.63) is 54.6 Å². The summed E-state index contributed by atoms with van der Waals surface area (Å²) < 4.78 is 49.8. The molecular formula is C17H22N2O4S2. The van der Waals surface area contributed by atoms with Crippen LogP contribution in [0.15, 0.2) is 64.4 Å². The summed E-state index contributed by atoms with van der Waals surface area (Å²) in [4.78, 5) is 2.20. The first-order chi connectivity index (χ1) is 11.7. The van der Waals surface area contributed by atoms with Crippen LogP contribution in [-0.4, -0.2) is 43.2 Å². The van der Waals surface area contributed by atoms with E-state index in [4.69, 9.17) is 0 Å². The van der Waals surface area contributed by atoms with Crippen molar-refractivity contribution < 1.29 is 16.8 Å². The largest absolute Gasteiger partial charge is 0.375 e. The molecule has 0 bridgehead atoms. The minimum atomic E-state index is -3.65. The average molecular weight is 383 g/mol. The van der Waals surface area contributed by atoms with Gasteiger partial charge in [-0.2, -0.15) is 0 Å². The Morgan fingerprint density at radius 3 is 2.00 bits per heavy atom. The Labute approximate surface area is 149 Å². The molecule has 0 aromatic heterocycles. The van der Waals surface area contributed by atoms with Crippen LogP contribution in [0.2, 0.25) is 0 Å². The van der Waals surface area contributed by atoms with Gasteiger partial charge in [0.2, 0.25) is 10.0 Å². The summed E-state index contributed by atoms with van der Waals surface area (Å²) in [5, 5.41) is 0. The summed E-state index contributed by atoms with van der Waals surface area (Å²) >= 11 is 0. The van der Waals surface area contributed by atoms with E-state index in [0.717, 1.165) is 11.9 Å². The van der Waals surface area contributed by atoms with Crippen molar-refractivity contribution in [3.8, 4) is 0 Å². The average Bonchev–Trinajstić information content (AvgIpc) is 2.58. The molecule has 0 radical (unpaired) electrons. The molecule has 0 aliphatic carbocycles. The van der Waals surface area contributed by atoms with E-state index in [9.17, 15) is 16.8 Å². The van der Waals surface area contributed by atoms with E-state index < -0.39 is 19.9 Å². The molecule has 8 heteroatoms. The highest BCUT2D eigenvalue weighted by atomic mass is 32.2. The van der Waals surface area contributed by atoms with Gasteiger partial charge < -0.3 is 4.90 Å². The van der Waals surface area contributed by atoms with E-state index >= 15 is 0 Å². The Bertz CT molecular complexity index is 893. The molecule has 0 amide bonds. The van der Waals surface area contributed by atoms with Gasteiger partial charge in [-0.3, -0.25) is 0 Å². The van der Waals surface area contributed by atoms with Gasteiger partial charge in [-0.05, 0) is 42.8 Å². The predicted molar refractivity (Wildman–Crippen MR) is 99.1 cm³/mol. The van der Waals surface area contributed by atoms with Crippen molar-refractivity contribution in [1.29, 1.82) is 0 Å². The van der Waals surface area contributed by atoms with Crippen LogP contribution in [0.5, 0.6) is 0 Å². The number of nitrogens with zero attached hydrogens (tertiary/aromatic N) is 1. The third-order valence-electron chi connectivity index (χ3n) is 3.72. The Hall–Kier alpha value is -1.90.